The molecule has 2 aromatic heterocycles. The second-order valence-corrected chi connectivity index (χ2v) is 5.39. The zero-order valence-corrected chi connectivity index (χ0v) is 12.6. The number of fused-ring (bicyclic) bond motifs is 1. The largest absolute Gasteiger partial charge is 0.480 e. The number of carbonyl (C=O) groups is 1. The predicted octanol–water partition coefficient (Wildman–Crippen LogP) is 3.54. The van der Waals surface area contributed by atoms with E-state index in [1.165, 1.54) is 0 Å². The van der Waals surface area contributed by atoms with Crippen LogP contribution in [-0.4, -0.2) is 26.5 Å². The standard InChI is InChI=1S/C16H14ClN3O2/c1-10(16(21)22)18-15-14(11-5-7-12(17)8-6-11)19-13-4-2-3-9-20(13)15/h2-10,18H,1H3,(H,21,22). The third-order valence-corrected chi connectivity index (χ3v) is 3.62. The monoisotopic (exact) mass is 315 g/mol. The molecule has 6 heteroatoms. The van der Waals surface area contributed by atoms with E-state index in [1.54, 1.807) is 19.1 Å². The Morgan fingerprint density at radius 3 is 2.68 bits per heavy atom. The van der Waals surface area contributed by atoms with Crippen molar-refractivity contribution in [2.45, 2.75) is 13.0 Å². The molecule has 112 valence electrons. The molecule has 0 spiro atoms. The molecule has 0 saturated carbocycles. The van der Waals surface area contributed by atoms with Crippen LogP contribution in [0, 0.1) is 0 Å². The molecule has 2 N–H and O–H groups in total. The Hall–Kier alpha value is -2.53. The number of hydrogen-bond donors (Lipinski definition) is 2. The second-order valence-electron chi connectivity index (χ2n) is 4.95. The highest BCUT2D eigenvalue weighted by Gasteiger charge is 2.18. The van der Waals surface area contributed by atoms with Gasteiger partial charge in [-0.3, -0.25) is 9.20 Å². The van der Waals surface area contributed by atoms with E-state index in [0.717, 1.165) is 11.2 Å². The number of aliphatic carboxylic acids is 1. The van der Waals surface area contributed by atoms with Crippen molar-refractivity contribution in [3.8, 4) is 11.3 Å². The topological polar surface area (TPSA) is 66.6 Å². The quantitative estimate of drug-likeness (QED) is 0.773. The van der Waals surface area contributed by atoms with Gasteiger partial charge in [-0.2, -0.15) is 0 Å². The van der Waals surface area contributed by atoms with Crippen LogP contribution >= 0.6 is 11.6 Å². The first-order chi connectivity index (χ1) is 10.6. The molecule has 22 heavy (non-hydrogen) atoms. The normalized spacial score (nSPS) is 12.3. The maximum Gasteiger partial charge on any atom is 0.325 e. The summed E-state index contributed by atoms with van der Waals surface area (Å²) in [5, 5.41) is 12.8. The SMILES string of the molecule is CC(Nc1c(-c2ccc(Cl)cc2)nc2ccccn12)C(=O)O. The Bertz CT molecular complexity index is 827. The first-order valence-corrected chi connectivity index (χ1v) is 7.16. The molecule has 0 radical (unpaired) electrons. The minimum Gasteiger partial charge on any atom is -0.480 e. The summed E-state index contributed by atoms with van der Waals surface area (Å²) >= 11 is 5.92. The van der Waals surface area contributed by atoms with E-state index < -0.39 is 12.0 Å². The van der Waals surface area contributed by atoms with Gasteiger partial charge in [-0.1, -0.05) is 29.8 Å². The number of carboxylic acids is 1. The molecule has 2 heterocycles. The van der Waals surface area contributed by atoms with Crippen LogP contribution in [-0.2, 0) is 4.79 Å². The highest BCUT2D eigenvalue weighted by molar-refractivity contribution is 6.30. The van der Waals surface area contributed by atoms with Gasteiger partial charge >= 0.3 is 5.97 Å². The molecule has 0 fully saturated rings. The molecule has 3 rings (SSSR count). The number of pyridine rings is 1. The van der Waals surface area contributed by atoms with Gasteiger partial charge in [0.15, 0.2) is 0 Å². The molecule has 0 saturated heterocycles. The van der Waals surface area contributed by atoms with Crippen molar-refractivity contribution in [3.63, 3.8) is 0 Å². The Balaban J connectivity index is 2.16. The number of rotatable bonds is 4. The fraction of sp³-hybridized carbons (Fsp3) is 0.125. The van der Waals surface area contributed by atoms with Crippen LogP contribution in [0.25, 0.3) is 16.9 Å². The summed E-state index contributed by atoms with van der Waals surface area (Å²) in [7, 11) is 0. The summed E-state index contributed by atoms with van der Waals surface area (Å²) in [5.41, 5.74) is 2.30. The van der Waals surface area contributed by atoms with E-state index >= 15 is 0 Å². The van der Waals surface area contributed by atoms with E-state index in [0.29, 0.717) is 16.5 Å². The van der Waals surface area contributed by atoms with Gasteiger partial charge in [0.2, 0.25) is 0 Å². The summed E-state index contributed by atoms with van der Waals surface area (Å²) in [6.07, 6.45) is 1.85. The molecule has 0 aliphatic heterocycles. The van der Waals surface area contributed by atoms with Crippen LogP contribution in [0.3, 0.4) is 0 Å². The molecule has 1 atom stereocenters. The first-order valence-electron chi connectivity index (χ1n) is 6.78. The molecule has 0 amide bonds. The number of nitrogens with zero attached hydrogens (tertiary/aromatic N) is 2. The number of carboxylic acid groups (broad SMARTS) is 1. The van der Waals surface area contributed by atoms with Crippen LogP contribution in [0.4, 0.5) is 5.82 Å². The van der Waals surface area contributed by atoms with E-state index in [-0.39, 0.29) is 0 Å². The number of hydrogen-bond acceptors (Lipinski definition) is 3. The zero-order chi connectivity index (χ0) is 15.7. The lowest BCUT2D eigenvalue weighted by molar-refractivity contribution is -0.137. The molecule has 1 unspecified atom stereocenters. The maximum absolute atomic E-state index is 11.1. The Kier molecular flexibility index (Phi) is 3.73. The second kappa shape index (κ2) is 5.69. The van der Waals surface area contributed by atoms with Crippen LogP contribution in [0.15, 0.2) is 48.7 Å². The zero-order valence-electron chi connectivity index (χ0n) is 11.8. The lowest BCUT2D eigenvalue weighted by atomic mass is 10.1. The Morgan fingerprint density at radius 2 is 2.00 bits per heavy atom. The van der Waals surface area contributed by atoms with Crippen LogP contribution in [0.5, 0.6) is 0 Å². The first kappa shape index (κ1) is 14.4. The molecule has 0 aliphatic rings. The molecule has 0 aliphatic carbocycles. The van der Waals surface area contributed by atoms with E-state index in [4.69, 9.17) is 16.7 Å². The maximum atomic E-state index is 11.1. The van der Waals surface area contributed by atoms with Crippen LogP contribution in [0.2, 0.25) is 5.02 Å². The number of halogens is 1. The lowest BCUT2D eigenvalue weighted by Crippen LogP contribution is -2.26. The van der Waals surface area contributed by atoms with Crippen molar-refractivity contribution < 1.29 is 9.90 Å². The Labute approximate surface area is 132 Å². The minimum absolute atomic E-state index is 0.640. The van der Waals surface area contributed by atoms with Crippen molar-refractivity contribution in [3.05, 3.63) is 53.7 Å². The summed E-state index contributed by atoms with van der Waals surface area (Å²) in [6.45, 7) is 1.59. The van der Waals surface area contributed by atoms with Gasteiger partial charge in [0, 0.05) is 16.8 Å². The highest BCUT2D eigenvalue weighted by atomic mass is 35.5. The predicted molar refractivity (Wildman–Crippen MR) is 86.4 cm³/mol. The average Bonchev–Trinajstić information content (AvgIpc) is 2.87. The van der Waals surface area contributed by atoms with Gasteiger partial charge in [-0.05, 0) is 31.2 Å². The summed E-state index contributed by atoms with van der Waals surface area (Å²) in [6, 6.07) is 12.2. The van der Waals surface area contributed by atoms with E-state index in [1.807, 2.05) is 40.9 Å². The van der Waals surface area contributed by atoms with E-state index in [2.05, 4.69) is 10.3 Å². The summed E-state index contributed by atoms with van der Waals surface area (Å²) in [5.74, 6) is -0.277. The van der Waals surface area contributed by atoms with Gasteiger partial charge in [0.25, 0.3) is 0 Å². The smallest absolute Gasteiger partial charge is 0.325 e. The fourth-order valence-corrected chi connectivity index (χ4v) is 2.34. The fourth-order valence-electron chi connectivity index (χ4n) is 2.21. The molecule has 1 aromatic carbocycles. The summed E-state index contributed by atoms with van der Waals surface area (Å²) in [4.78, 5) is 15.7. The number of imidazole rings is 1. The number of anilines is 1. The van der Waals surface area contributed by atoms with Gasteiger partial charge < -0.3 is 10.4 Å². The number of benzene rings is 1. The van der Waals surface area contributed by atoms with Crippen molar-refractivity contribution >= 4 is 29.0 Å². The number of nitrogens with one attached hydrogen (secondary N) is 1. The minimum atomic E-state index is -0.923. The van der Waals surface area contributed by atoms with Crippen molar-refractivity contribution in [2.75, 3.05) is 5.32 Å². The molecular formula is C16H14ClN3O2. The van der Waals surface area contributed by atoms with Gasteiger partial charge in [-0.15, -0.1) is 0 Å². The molecule has 3 aromatic rings. The Morgan fingerprint density at radius 1 is 1.27 bits per heavy atom. The van der Waals surface area contributed by atoms with Crippen LogP contribution < -0.4 is 5.32 Å². The van der Waals surface area contributed by atoms with Crippen molar-refractivity contribution in [2.24, 2.45) is 0 Å². The lowest BCUT2D eigenvalue weighted by Gasteiger charge is -2.12. The van der Waals surface area contributed by atoms with Crippen molar-refractivity contribution in [1.29, 1.82) is 0 Å². The van der Waals surface area contributed by atoms with Crippen LogP contribution in [0.1, 0.15) is 6.92 Å². The third kappa shape index (κ3) is 2.63. The van der Waals surface area contributed by atoms with Gasteiger partial charge in [0.1, 0.15) is 23.2 Å². The molecule has 0 bridgehead atoms. The molecular weight excluding hydrogens is 302 g/mol. The van der Waals surface area contributed by atoms with Gasteiger partial charge in [0.05, 0.1) is 0 Å². The highest BCUT2D eigenvalue weighted by Crippen LogP contribution is 2.30. The number of aromatic nitrogens is 2. The van der Waals surface area contributed by atoms with Gasteiger partial charge in [-0.25, -0.2) is 4.98 Å². The third-order valence-electron chi connectivity index (χ3n) is 3.37. The van der Waals surface area contributed by atoms with E-state index in [9.17, 15) is 4.79 Å². The summed E-state index contributed by atoms with van der Waals surface area (Å²) < 4.78 is 1.84. The average molecular weight is 316 g/mol. The molecule has 5 nitrogen and oxygen atoms in total. The van der Waals surface area contributed by atoms with Crippen molar-refractivity contribution in [1.82, 2.24) is 9.38 Å².